The lowest BCUT2D eigenvalue weighted by Crippen LogP contribution is -2.30. The monoisotopic (exact) mass is 368 g/mol. The molecule has 0 bridgehead atoms. The molecule has 1 atom stereocenters. The molecule has 2 aromatic rings. The molecule has 5 heteroatoms. The summed E-state index contributed by atoms with van der Waals surface area (Å²) in [5.41, 5.74) is 3.51. The molecule has 0 radical (unpaired) electrons. The van der Waals surface area contributed by atoms with E-state index in [1.54, 1.807) is 14.1 Å². The molecule has 0 fully saturated rings. The van der Waals surface area contributed by atoms with Gasteiger partial charge in [-0.15, -0.1) is 0 Å². The van der Waals surface area contributed by atoms with Crippen molar-refractivity contribution in [1.82, 2.24) is 9.88 Å². The summed E-state index contributed by atoms with van der Waals surface area (Å²) in [4.78, 5) is 31.1. The molecular formula is C22H28N2O3. The van der Waals surface area contributed by atoms with E-state index >= 15 is 0 Å². The Balaban J connectivity index is 2.04. The fourth-order valence-corrected chi connectivity index (χ4v) is 3.69. The highest BCUT2D eigenvalue weighted by molar-refractivity contribution is 6.05. The van der Waals surface area contributed by atoms with Gasteiger partial charge in [0.15, 0.2) is 6.61 Å². The zero-order chi connectivity index (χ0) is 19.8. The lowest BCUT2D eigenvalue weighted by molar-refractivity contribution is -0.131. The molecule has 5 nitrogen and oxygen atoms in total. The fourth-order valence-electron chi connectivity index (χ4n) is 3.69. The predicted molar refractivity (Wildman–Crippen MR) is 106 cm³/mol. The summed E-state index contributed by atoms with van der Waals surface area (Å²) in [5, 5.41) is 0.799. The molecule has 0 saturated heterocycles. The van der Waals surface area contributed by atoms with Crippen LogP contribution in [0.5, 0.6) is 0 Å². The minimum atomic E-state index is -0.436. The average Bonchev–Trinajstić information content (AvgIpc) is 2.62. The number of carbonyl (C=O) groups excluding carboxylic acids is 2. The van der Waals surface area contributed by atoms with Crippen LogP contribution in [0.3, 0.4) is 0 Å². The number of hydrogen-bond donors (Lipinski definition) is 0. The maximum Gasteiger partial charge on any atom is 0.339 e. The fraction of sp³-hybridized carbons (Fsp3) is 0.500. The molecule has 1 aromatic heterocycles. The molecule has 1 heterocycles. The van der Waals surface area contributed by atoms with Crippen molar-refractivity contribution < 1.29 is 14.3 Å². The first-order valence-corrected chi connectivity index (χ1v) is 9.46. The van der Waals surface area contributed by atoms with Crippen LogP contribution in [0, 0.1) is 11.3 Å². The van der Waals surface area contributed by atoms with E-state index in [4.69, 9.17) is 9.72 Å². The topological polar surface area (TPSA) is 59.5 Å². The lowest BCUT2D eigenvalue weighted by atomic mass is 9.70. The summed E-state index contributed by atoms with van der Waals surface area (Å²) < 4.78 is 5.39. The number of hydrogen-bond acceptors (Lipinski definition) is 4. The molecule has 0 saturated carbocycles. The highest BCUT2D eigenvalue weighted by Gasteiger charge is 2.33. The van der Waals surface area contributed by atoms with E-state index in [1.807, 2.05) is 24.3 Å². The average molecular weight is 368 g/mol. The number of nitrogens with zero attached hydrogens (tertiary/aromatic N) is 2. The number of benzene rings is 1. The molecule has 27 heavy (non-hydrogen) atoms. The number of rotatable bonds is 3. The van der Waals surface area contributed by atoms with Crippen molar-refractivity contribution in [2.75, 3.05) is 20.7 Å². The number of esters is 1. The molecule has 3 rings (SSSR count). The van der Waals surface area contributed by atoms with Crippen LogP contribution in [-0.2, 0) is 22.4 Å². The molecule has 0 spiro atoms. The molecule has 0 N–H and O–H groups in total. The number of amides is 1. The number of ether oxygens (including phenoxy) is 1. The Morgan fingerprint density at radius 2 is 1.93 bits per heavy atom. The number of aromatic nitrogens is 1. The number of carbonyl (C=O) groups is 2. The summed E-state index contributed by atoms with van der Waals surface area (Å²) in [6.07, 6.45) is 2.73. The Hall–Kier alpha value is -2.43. The van der Waals surface area contributed by atoms with Gasteiger partial charge in [-0.2, -0.15) is 0 Å². The maximum absolute atomic E-state index is 13.0. The summed E-state index contributed by atoms with van der Waals surface area (Å²) in [5.74, 6) is -0.194. The normalized spacial score (nSPS) is 16.7. The van der Waals surface area contributed by atoms with Gasteiger partial charge in [-0.25, -0.2) is 4.79 Å². The third-order valence-corrected chi connectivity index (χ3v) is 5.51. The van der Waals surface area contributed by atoms with Gasteiger partial charge in [0.2, 0.25) is 0 Å². The van der Waals surface area contributed by atoms with Gasteiger partial charge in [0.05, 0.1) is 11.1 Å². The van der Waals surface area contributed by atoms with Gasteiger partial charge in [0, 0.05) is 25.2 Å². The minimum Gasteiger partial charge on any atom is -0.452 e. The van der Waals surface area contributed by atoms with Gasteiger partial charge < -0.3 is 9.64 Å². The Labute approximate surface area is 160 Å². The third-order valence-electron chi connectivity index (χ3n) is 5.51. The van der Waals surface area contributed by atoms with Gasteiger partial charge in [0.25, 0.3) is 5.91 Å². The van der Waals surface area contributed by atoms with E-state index in [9.17, 15) is 9.59 Å². The van der Waals surface area contributed by atoms with Crippen molar-refractivity contribution in [3.05, 3.63) is 41.1 Å². The Morgan fingerprint density at radius 1 is 1.22 bits per heavy atom. The first kappa shape index (κ1) is 19.3. The van der Waals surface area contributed by atoms with E-state index in [0.717, 1.165) is 41.4 Å². The van der Waals surface area contributed by atoms with Crippen molar-refractivity contribution in [1.29, 1.82) is 0 Å². The molecule has 144 valence electrons. The number of para-hydroxylation sites is 1. The van der Waals surface area contributed by atoms with Crippen LogP contribution in [0.1, 0.15) is 48.8 Å². The highest BCUT2D eigenvalue weighted by Crippen LogP contribution is 2.39. The third kappa shape index (κ3) is 3.97. The molecule has 1 amide bonds. The second-order valence-electron chi connectivity index (χ2n) is 8.60. The standard InChI is InChI=1S/C22H28N2O3/c1-22(2,3)14-10-11-18-16(12-14)20(15-8-6-7-9-17(15)23-18)21(26)27-13-19(25)24(4)5/h6-9,14H,10-13H2,1-5H3. The zero-order valence-corrected chi connectivity index (χ0v) is 16.8. The largest absolute Gasteiger partial charge is 0.452 e. The first-order chi connectivity index (χ1) is 12.7. The van der Waals surface area contributed by atoms with E-state index in [-0.39, 0.29) is 17.9 Å². The van der Waals surface area contributed by atoms with E-state index < -0.39 is 5.97 Å². The SMILES string of the molecule is CN(C)C(=O)COC(=O)c1c2c(nc3ccccc13)CCC(C(C)(C)C)C2. The van der Waals surface area contributed by atoms with Gasteiger partial charge in [-0.05, 0) is 42.2 Å². The van der Waals surface area contributed by atoms with Crippen LogP contribution in [0.15, 0.2) is 24.3 Å². The Kier molecular flexibility index (Phi) is 5.22. The lowest BCUT2D eigenvalue weighted by Gasteiger charge is -2.35. The van der Waals surface area contributed by atoms with E-state index in [2.05, 4.69) is 20.8 Å². The van der Waals surface area contributed by atoms with E-state index in [1.165, 1.54) is 4.90 Å². The number of aryl methyl sites for hydroxylation is 1. The van der Waals surface area contributed by atoms with Crippen LogP contribution in [0.4, 0.5) is 0 Å². The molecule has 1 unspecified atom stereocenters. The zero-order valence-electron chi connectivity index (χ0n) is 16.8. The summed E-state index contributed by atoms with van der Waals surface area (Å²) in [7, 11) is 3.29. The molecule has 0 aliphatic heterocycles. The van der Waals surface area contributed by atoms with Crippen LogP contribution in [0.2, 0.25) is 0 Å². The number of fused-ring (bicyclic) bond motifs is 2. The van der Waals surface area contributed by atoms with Gasteiger partial charge in [0.1, 0.15) is 0 Å². The second kappa shape index (κ2) is 7.29. The van der Waals surface area contributed by atoms with Crippen molar-refractivity contribution in [2.45, 2.75) is 40.0 Å². The van der Waals surface area contributed by atoms with Gasteiger partial charge in [-0.3, -0.25) is 9.78 Å². The molecule has 1 aromatic carbocycles. The van der Waals surface area contributed by atoms with Crippen molar-refractivity contribution in [2.24, 2.45) is 11.3 Å². The highest BCUT2D eigenvalue weighted by atomic mass is 16.5. The van der Waals surface area contributed by atoms with Crippen molar-refractivity contribution in [3.8, 4) is 0 Å². The van der Waals surface area contributed by atoms with Crippen LogP contribution < -0.4 is 0 Å². The van der Waals surface area contributed by atoms with Crippen LogP contribution in [-0.4, -0.2) is 42.5 Å². The maximum atomic E-state index is 13.0. The summed E-state index contributed by atoms with van der Waals surface area (Å²) >= 11 is 0. The smallest absolute Gasteiger partial charge is 0.339 e. The molecule has 1 aliphatic rings. The number of pyridine rings is 1. The second-order valence-corrected chi connectivity index (χ2v) is 8.60. The minimum absolute atomic E-state index is 0.158. The van der Waals surface area contributed by atoms with Gasteiger partial charge >= 0.3 is 5.97 Å². The Bertz CT molecular complexity index is 881. The predicted octanol–water partition coefficient (Wildman–Crippen LogP) is 3.63. The van der Waals surface area contributed by atoms with Crippen LogP contribution >= 0.6 is 0 Å². The van der Waals surface area contributed by atoms with Crippen molar-refractivity contribution in [3.63, 3.8) is 0 Å². The quantitative estimate of drug-likeness (QED) is 0.776. The van der Waals surface area contributed by atoms with Gasteiger partial charge in [-0.1, -0.05) is 39.0 Å². The molecular weight excluding hydrogens is 340 g/mol. The Morgan fingerprint density at radius 3 is 2.59 bits per heavy atom. The first-order valence-electron chi connectivity index (χ1n) is 9.46. The van der Waals surface area contributed by atoms with Crippen molar-refractivity contribution >= 4 is 22.8 Å². The van der Waals surface area contributed by atoms with E-state index in [0.29, 0.717) is 11.5 Å². The summed E-state index contributed by atoms with van der Waals surface area (Å²) in [6, 6.07) is 7.66. The summed E-state index contributed by atoms with van der Waals surface area (Å²) in [6.45, 7) is 6.47. The van der Waals surface area contributed by atoms with Crippen LogP contribution in [0.25, 0.3) is 10.9 Å². The molecule has 1 aliphatic carbocycles. The number of likely N-dealkylation sites (N-methyl/N-ethyl adjacent to an activating group) is 1.